The first-order valence-corrected chi connectivity index (χ1v) is 14.7. The SMILES string of the molecule is CC.CC.CCc1ccc(C(=O)Oc2ccc3c(c2)C(C)(C)c2cc(OC(=O)c4ccc(CC)cc4)ccc2-3)cc1. The Morgan fingerprint density at radius 2 is 0.902 bits per heavy atom. The number of rotatable bonds is 6. The van der Waals surface area contributed by atoms with E-state index < -0.39 is 0 Å². The molecule has 0 N–H and O–H groups in total. The molecule has 0 fully saturated rings. The van der Waals surface area contributed by atoms with Gasteiger partial charge in [0.15, 0.2) is 0 Å². The number of carbonyl (C=O) groups is 2. The number of fused-ring (bicyclic) bond motifs is 3. The number of carbonyl (C=O) groups excluding carboxylic acids is 2. The van der Waals surface area contributed by atoms with Gasteiger partial charge < -0.3 is 9.47 Å². The predicted molar refractivity (Wildman–Crippen MR) is 168 cm³/mol. The highest BCUT2D eigenvalue weighted by atomic mass is 16.5. The second kappa shape index (κ2) is 13.9. The Morgan fingerprint density at radius 3 is 1.22 bits per heavy atom. The highest BCUT2D eigenvalue weighted by molar-refractivity contribution is 5.92. The first-order chi connectivity index (χ1) is 19.8. The zero-order valence-electron chi connectivity index (χ0n) is 25.6. The standard InChI is InChI=1S/C33H30O4.2C2H6/c1-5-21-7-11-23(12-8-21)31(34)36-25-15-17-27-28-18-16-26(20-30(28)33(3,4)29(27)19-25)37-32(35)24-13-9-22(6-2)10-14-24;2*1-2/h7-20H,5-6H2,1-4H3;2*1-2H3. The number of hydrogen-bond donors (Lipinski definition) is 0. The summed E-state index contributed by atoms with van der Waals surface area (Å²) >= 11 is 0. The minimum absolute atomic E-state index is 0.360. The van der Waals surface area contributed by atoms with Crippen LogP contribution < -0.4 is 9.47 Å². The van der Waals surface area contributed by atoms with Crippen LogP contribution in [0, 0.1) is 0 Å². The zero-order valence-corrected chi connectivity index (χ0v) is 25.6. The Bertz CT molecular complexity index is 1370. The smallest absolute Gasteiger partial charge is 0.343 e. The van der Waals surface area contributed by atoms with Crippen molar-refractivity contribution >= 4 is 11.9 Å². The summed E-state index contributed by atoms with van der Waals surface area (Å²) < 4.78 is 11.4. The van der Waals surface area contributed by atoms with Crippen molar-refractivity contribution in [2.75, 3.05) is 0 Å². The van der Waals surface area contributed by atoms with Gasteiger partial charge >= 0.3 is 11.9 Å². The largest absolute Gasteiger partial charge is 0.423 e. The number of esters is 2. The van der Waals surface area contributed by atoms with Crippen LogP contribution in [0.25, 0.3) is 11.1 Å². The topological polar surface area (TPSA) is 52.6 Å². The molecule has 0 aromatic heterocycles. The van der Waals surface area contributed by atoms with E-state index in [1.54, 1.807) is 24.3 Å². The number of ether oxygens (including phenoxy) is 2. The minimum Gasteiger partial charge on any atom is -0.423 e. The monoisotopic (exact) mass is 550 g/mol. The molecule has 0 unspecified atom stereocenters. The summed E-state index contributed by atoms with van der Waals surface area (Å²) in [6, 6.07) is 26.5. The zero-order chi connectivity index (χ0) is 30.2. The average molecular weight is 551 g/mol. The second-order valence-electron chi connectivity index (χ2n) is 9.92. The fourth-order valence-corrected chi connectivity index (χ4v) is 4.91. The molecule has 4 heteroatoms. The summed E-state index contributed by atoms with van der Waals surface area (Å²) in [5, 5.41) is 0. The molecule has 0 spiro atoms. The normalized spacial score (nSPS) is 12.0. The van der Waals surface area contributed by atoms with E-state index in [0.717, 1.165) is 35.1 Å². The van der Waals surface area contributed by atoms with Crippen LogP contribution in [-0.2, 0) is 18.3 Å². The second-order valence-corrected chi connectivity index (χ2v) is 9.92. The first kappa shape index (κ1) is 31.3. The Labute approximate surface area is 245 Å². The maximum Gasteiger partial charge on any atom is 0.343 e. The Hall–Kier alpha value is -4.18. The van der Waals surface area contributed by atoms with Gasteiger partial charge in [-0.05, 0) is 94.8 Å². The first-order valence-electron chi connectivity index (χ1n) is 14.7. The van der Waals surface area contributed by atoms with Crippen molar-refractivity contribution in [3.63, 3.8) is 0 Å². The van der Waals surface area contributed by atoms with Gasteiger partial charge in [-0.2, -0.15) is 0 Å². The van der Waals surface area contributed by atoms with Crippen LogP contribution >= 0.6 is 0 Å². The molecular formula is C37H42O4. The van der Waals surface area contributed by atoms with Gasteiger partial charge in [-0.25, -0.2) is 9.59 Å². The van der Waals surface area contributed by atoms with Gasteiger partial charge in [0.2, 0.25) is 0 Å². The van der Waals surface area contributed by atoms with Crippen LogP contribution in [0.1, 0.15) is 98.4 Å². The molecule has 0 heterocycles. The van der Waals surface area contributed by atoms with Crippen molar-refractivity contribution in [3.8, 4) is 22.6 Å². The van der Waals surface area contributed by atoms with E-state index in [1.165, 1.54) is 11.1 Å². The molecule has 41 heavy (non-hydrogen) atoms. The highest BCUT2D eigenvalue weighted by Crippen LogP contribution is 2.50. The molecule has 0 amide bonds. The fraction of sp³-hybridized carbons (Fsp3) is 0.297. The molecule has 1 aliphatic carbocycles. The molecule has 4 nitrogen and oxygen atoms in total. The molecule has 4 aromatic rings. The molecule has 5 rings (SSSR count). The van der Waals surface area contributed by atoms with Crippen molar-refractivity contribution in [1.29, 1.82) is 0 Å². The van der Waals surface area contributed by atoms with Crippen molar-refractivity contribution in [2.45, 2.75) is 73.6 Å². The highest BCUT2D eigenvalue weighted by Gasteiger charge is 2.36. The number of hydrogen-bond acceptors (Lipinski definition) is 4. The van der Waals surface area contributed by atoms with Crippen LogP contribution in [0.15, 0.2) is 84.9 Å². The molecule has 0 saturated heterocycles. The van der Waals surface area contributed by atoms with Gasteiger partial charge in [0.1, 0.15) is 11.5 Å². The van der Waals surface area contributed by atoms with E-state index in [9.17, 15) is 9.59 Å². The number of aryl methyl sites for hydroxylation is 2. The molecule has 214 valence electrons. The third-order valence-electron chi connectivity index (χ3n) is 7.24. The van der Waals surface area contributed by atoms with Gasteiger partial charge in [-0.3, -0.25) is 0 Å². The van der Waals surface area contributed by atoms with E-state index in [-0.39, 0.29) is 17.4 Å². The van der Waals surface area contributed by atoms with Crippen LogP contribution in [0.2, 0.25) is 0 Å². The van der Waals surface area contributed by atoms with Crippen molar-refractivity contribution in [3.05, 3.63) is 118 Å². The quantitative estimate of drug-likeness (QED) is 0.177. The maximum absolute atomic E-state index is 12.7. The molecule has 0 bridgehead atoms. The van der Waals surface area contributed by atoms with Crippen LogP contribution in [0.4, 0.5) is 0 Å². The van der Waals surface area contributed by atoms with Gasteiger partial charge in [0, 0.05) is 5.41 Å². The van der Waals surface area contributed by atoms with Gasteiger partial charge in [0.25, 0.3) is 0 Å². The molecule has 1 aliphatic rings. The van der Waals surface area contributed by atoms with E-state index in [1.807, 2.05) is 88.4 Å². The van der Waals surface area contributed by atoms with Gasteiger partial charge in [-0.1, -0.05) is 91.8 Å². The van der Waals surface area contributed by atoms with Crippen LogP contribution in [0.5, 0.6) is 11.5 Å². The summed E-state index contributed by atoms with van der Waals surface area (Å²) in [4.78, 5) is 25.4. The van der Waals surface area contributed by atoms with E-state index in [2.05, 4.69) is 27.7 Å². The Morgan fingerprint density at radius 1 is 0.561 bits per heavy atom. The Kier molecular flexibility index (Phi) is 10.7. The van der Waals surface area contributed by atoms with Gasteiger partial charge in [-0.15, -0.1) is 0 Å². The third-order valence-corrected chi connectivity index (χ3v) is 7.24. The van der Waals surface area contributed by atoms with E-state index in [0.29, 0.717) is 22.6 Å². The Balaban J connectivity index is 0.00000111. The minimum atomic E-state index is -0.378. The van der Waals surface area contributed by atoms with Crippen molar-refractivity contribution in [2.24, 2.45) is 0 Å². The lowest BCUT2D eigenvalue weighted by Gasteiger charge is -2.22. The van der Waals surface area contributed by atoms with E-state index in [4.69, 9.17) is 9.47 Å². The van der Waals surface area contributed by atoms with E-state index >= 15 is 0 Å². The molecule has 0 saturated carbocycles. The molecule has 0 radical (unpaired) electrons. The summed E-state index contributed by atoms with van der Waals surface area (Å²) in [5.41, 5.74) is 7.33. The lowest BCUT2D eigenvalue weighted by atomic mass is 9.82. The van der Waals surface area contributed by atoms with Crippen LogP contribution in [-0.4, -0.2) is 11.9 Å². The molecule has 4 aromatic carbocycles. The molecule has 0 atom stereocenters. The van der Waals surface area contributed by atoms with Crippen molar-refractivity contribution < 1.29 is 19.1 Å². The maximum atomic E-state index is 12.7. The fourth-order valence-electron chi connectivity index (χ4n) is 4.91. The lowest BCUT2D eigenvalue weighted by molar-refractivity contribution is 0.0725. The summed E-state index contributed by atoms with van der Waals surface area (Å²) in [5.74, 6) is 0.256. The number of benzene rings is 4. The summed E-state index contributed by atoms with van der Waals surface area (Å²) in [7, 11) is 0. The lowest BCUT2D eigenvalue weighted by Crippen LogP contribution is -2.16. The average Bonchev–Trinajstić information content (AvgIpc) is 3.24. The summed E-state index contributed by atoms with van der Waals surface area (Å²) in [6.45, 7) is 16.4. The van der Waals surface area contributed by atoms with Gasteiger partial charge in [0.05, 0.1) is 11.1 Å². The summed E-state index contributed by atoms with van der Waals surface area (Å²) in [6.07, 6.45) is 1.84. The molecule has 0 aliphatic heterocycles. The predicted octanol–water partition coefficient (Wildman–Crippen LogP) is 9.61. The molecular weight excluding hydrogens is 508 g/mol. The van der Waals surface area contributed by atoms with Crippen LogP contribution in [0.3, 0.4) is 0 Å². The van der Waals surface area contributed by atoms with Crippen molar-refractivity contribution in [1.82, 2.24) is 0 Å². The third kappa shape index (κ3) is 6.77.